The summed E-state index contributed by atoms with van der Waals surface area (Å²) in [5.41, 5.74) is -0.687. The summed E-state index contributed by atoms with van der Waals surface area (Å²) in [6.07, 6.45) is -0.769. The van der Waals surface area contributed by atoms with Crippen LogP contribution in [0.15, 0.2) is 73.2 Å². The van der Waals surface area contributed by atoms with Crippen LogP contribution in [0, 0.1) is 6.92 Å². The number of ether oxygens (including phenoxy) is 1. The molecule has 0 fully saturated rings. The van der Waals surface area contributed by atoms with E-state index in [0.29, 0.717) is 32.5 Å². The number of aryl methyl sites for hydroxylation is 1. The number of benzene rings is 2. The fraction of sp³-hybridized carbons (Fsp3) is 0.0870. The van der Waals surface area contributed by atoms with Crippen molar-refractivity contribution in [3.63, 3.8) is 0 Å². The van der Waals surface area contributed by atoms with Crippen molar-refractivity contribution < 1.29 is 22.7 Å². The lowest BCUT2D eigenvalue weighted by atomic mass is 10.1. The van der Waals surface area contributed by atoms with Crippen LogP contribution in [0.3, 0.4) is 0 Å². The average molecular weight is 473 g/mol. The number of nitrogens with zero attached hydrogens (tertiary/aromatic N) is 3. The molecule has 0 radical (unpaired) electrons. The van der Waals surface area contributed by atoms with Gasteiger partial charge in [0.1, 0.15) is 11.5 Å². The fourth-order valence-corrected chi connectivity index (χ4v) is 3.27. The zero-order valence-electron chi connectivity index (χ0n) is 17.1. The second-order valence-electron chi connectivity index (χ2n) is 7.02. The molecule has 2 heterocycles. The number of halogens is 4. The quantitative estimate of drug-likeness (QED) is 0.370. The van der Waals surface area contributed by atoms with Gasteiger partial charge >= 0.3 is 6.18 Å². The number of amides is 1. The van der Waals surface area contributed by atoms with Crippen LogP contribution in [-0.2, 0) is 6.18 Å². The number of pyridine rings is 1. The number of alkyl halides is 3. The first-order chi connectivity index (χ1) is 15.7. The summed E-state index contributed by atoms with van der Waals surface area (Å²) >= 11 is 5.82. The van der Waals surface area contributed by atoms with Crippen molar-refractivity contribution in [2.24, 2.45) is 0 Å². The van der Waals surface area contributed by atoms with Crippen molar-refractivity contribution in [1.82, 2.24) is 14.8 Å². The van der Waals surface area contributed by atoms with E-state index < -0.39 is 23.3 Å². The molecule has 33 heavy (non-hydrogen) atoms. The number of hydrogen-bond donors (Lipinski definition) is 1. The highest BCUT2D eigenvalue weighted by Gasteiger charge is 2.40. The number of rotatable bonds is 5. The summed E-state index contributed by atoms with van der Waals surface area (Å²) in [6.45, 7) is 1.75. The number of carbonyl (C=O) groups is 1. The van der Waals surface area contributed by atoms with E-state index in [0.717, 1.165) is 6.20 Å². The van der Waals surface area contributed by atoms with E-state index in [4.69, 9.17) is 16.3 Å². The molecule has 0 bridgehead atoms. The standard InChI is InChI=1S/C23H16ClF3N4O2/c1-14-11-16(6-9-20(14)33-18-3-2-10-28-12-18)30-22(32)19-13-29-31(21(19)23(25,26)27)17-7-4-15(24)5-8-17/h2-13H,1H3,(H,30,32). The lowest BCUT2D eigenvalue weighted by molar-refractivity contribution is -0.143. The Kier molecular flexibility index (Phi) is 6.06. The predicted octanol–water partition coefficient (Wildman–Crippen LogP) is 6.29. The van der Waals surface area contributed by atoms with E-state index in [9.17, 15) is 18.0 Å². The molecule has 2 aromatic heterocycles. The third-order valence-electron chi connectivity index (χ3n) is 4.65. The van der Waals surface area contributed by atoms with Crippen LogP contribution < -0.4 is 10.1 Å². The van der Waals surface area contributed by atoms with Gasteiger partial charge < -0.3 is 10.1 Å². The third-order valence-corrected chi connectivity index (χ3v) is 4.90. The highest BCUT2D eigenvalue weighted by atomic mass is 35.5. The Hall–Kier alpha value is -3.85. The number of nitrogens with one attached hydrogen (secondary N) is 1. The van der Waals surface area contributed by atoms with Gasteiger partial charge in [-0.1, -0.05) is 11.6 Å². The first kappa shape index (κ1) is 22.3. The van der Waals surface area contributed by atoms with Crippen molar-refractivity contribution in [2.45, 2.75) is 13.1 Å². The van der Waals surface area contributed by atoms with E-state index in [1.165, 1.54) is 30.3 Å². The monoisotopic (exact) mass is 472 g/mol. The molecule has 0 aliphatic carbocycles. The van der Waals surface area contributed by atoms with Gasteiger partial charge in [0.15, 0.2) is 5.69 Å². The predicted molar refractivity (Wildman–Crippen MR) is 117 cm³/mol. The smallest absolute Gasteiger partial charge is 0.434 e. The van der Waals surface area contributed by atoms with E-state index in [1.807, 2.05) is 0 Å². The minimum Gasteiger partial charge on any atom is -0.455 e. The second kappa shape index (κ2) is 8.95. The van der Waals surface area contributed by atoms with Gasteiger partial charge in [-0.25, -0.2) is 4.68 Å². The Morgan fingerprint density at radius 1 is 1.09 bits per heavy atom. The first-order valence-corrected chi connectivity index (χ1v) is 10.0. The second-order valence-corrected chi connectivity index (χ2v) is 7.45. The molecule has 0 spiro atoms. The highest BCUT2D eigenvalue weighted by molar-refractivity contribution is 6.30. The summed E-state index contributed by atoms with van der Waals surface area (Å²) in [5.74, 6) is 0.109. The van der Waals surface area contributed by atoms with Crippen molar-refractivity contribution in [2.75, 3.05) is 5.32 Å². The maximum absolute atomic E-state index is 13.8. The third kappa shape index (κ3) is 4.98. The Balaban J connectivity index is 1.60. The van der Waals surface area contributed by atoms with E-state index in [2.05, 4.69) is 15.4 Å². The van der Waals surface area contributed by atoms with Crippen LogP contribution in [0.2, 0.25) is 5.02 Å². The van der Waals surface area contributed by atoms with Crippen molar-refractivity contribution in [3.05, 3.63) is 95.0 Å². The molecule has 4 aromatic rings. The largest absolute Gasteiger partial charge is 0.455 e. The van der Waals surface area contributed by atoms with Crippen molar-refractivity contribution in [3.8, 4) is 17.2 Å². The van der Waals surface area contributed by atoms with Crippen molar-refractivity contribution >= 4 is 23.2 Å². The fourth-order valence-electron chi connectivity index (χ4n) is 3.14. The molecule has 0 atom stereocenters. The Morgan fingerprint density at radius 2 is 1.85 bits per heavy atom. The molecule has 0 unspecified atom stereocenters. The molecule has 0 saturated heterocycles. The van der Waals surface area contributed by atoms with Crippen molar-refractivity contribution in [1.29, 1.82) is 0 Å². The minimum atomic E-state index is -4.82. The van der Waals surface area contributed by atoms with E-state index >= 15 is 0 Å². The lowest BCUT2D eigenvalue weighted by Crippen LogP contribution is -2.20. The van der Waals surface area contributed by atoms with E-state index in [-0.39, 0.29) is 5.69 Å². The molecule has 10 heteroatoms. The molecular weight excluding hydrogens is 457 g/mol. The molecule has 6 nitrogen and oxygen atoms in total. The Labute approximate surface area is 191 Å². The maximum Gasteiger partial charge on any atom is 0.434 e. The molecule has 1 amide bonds. The molecule has 0 saturated carbocycles. The molecule has 0 aliphatic heterocycles. The van der Waals surface area contributed by atoms with E-state index in [1.54, 1.807) is 43.6 Å². The van der Waals surface area contributed by atoms with Gasteiger partial charge in [0.05, 0.1) is 23.6 Å². The summed E-state index contributed by atoms with van der Waals surface area (Å²) in [4.78, 5) is 16.7. The molecule has 168 valence electrons. The van der Waals surface area contributed by atoms with Gasteiger partial charge in [-0.05, 0) is 67.1 Å². The number of hydrogen-bond acceptors (Lipinski definition) is 4. The maximum atomic E-state index is 13.8. The van der Waals surface area contributed by atoms with Crippen LogP contribution in [-0.4, -0.2) is 20.7 Å². The summed E-state index contributed by atoms with van der Waals surface area (Å²) in [5, 5.41) is 6.65. The summed E-state index contributed by atoms with van der Waals surface area (Å²) in [7, 11) is 0. The highest BCUT2D eigenvalue weighted by Crippen LogP contribution is 2.34. The van der Waals surface area contributed by atoms with Crippen LogP contribution in [0.5, 0.6) is 11.5 Å². The minimum absolute atomic E-state index is 0.124. The number of carbonyl (C=O) groups excluding carboxylic acids is 1. The van der Waals surface area contributed by atoms with Gasteiger partial charge in [-0.3, -0.25) is 9.78 Å². The van der Waals surface area contributed by atoms with Gasteiger partial charge in [-0.15, -0.1) is 0 Å². The number of anilines is 1. The Bertz CT molecular complexity index is 1290. The van der Waals surface area contributed by atoms with Crippen LogP contribution in [0.25, 0.3) is 5.69 Å². The molecule has 1 N–H and O–H groups in total. The first-order valence-electron chi connectivity index (χ1n) is 9.63. The van der Waals surface area contributed by atoms with Gasteiger partial charge in [-0.2, -0.15) is 18.3 Å². The lowest BCUT2D eigenvalue weighted by Gasteiger charge is -2.14. The normalized spacial score (nSPS) is 11.3. The Morgan fingerprint density at radius 3 is 2.48 bits per heavy atom. The molecule has 0 aliphatic rings. The van der Waals surface area contributed by atoms with Gasteiger partial charge in [0.2, 0.25) is 0 Å². The topological polar surface area (TPSA) is 69.0 Å². The SMILES string of the molecule is Cc1cc(NC(=O)c2cnn(-c3ccc(Cl)cc3)c2C(F)(F)F)ccc1Oc1cccnc1. The summed E-state index contributed by atoms with van der Waals surface area (Å²) < 4.78 is 47.9. The average Bonchev–Trinajstić information content (AvgIpc) is 3.23. The summed E-state index contributed by atoms with van der Waals surface area (Å²) in [6, 6.07) is 13.9. The zero-order valence-corrected chi connectivity index (χ0v) is 17.9. The number of aromatic nitrogens is 3. The zero-order chi connectivity index (χ0) is 23.6. The van der Waals surface area contributed by atoms with Crippen LogP contribution >= 0.6 is 11.6 Å². The van der Waals surface area contributed by atoms with Gasteiger partial charge in [0, 0.05) is 16.9 Å². The molecule has 4 rings (SSSR count). The molecular formula is C23H16ClF3N4O2. The van der Waals surface area contributed by atoms with Crippen LogP contribution in [0.1, 0.15) is 21.6 Å². The molecule has 2 aromatic carbocycles. The van der Waals surface area contributed by atoms with Gasteiger partial charge in [0.25, 0.3) is 5.91 Å². The van der Waals surface area contributed by atoms with Crippen LogP contribution in [0.4, 0.5) is 18.9 Å².